The Balaban J connectivity index is 1.75. The number of benzene rings is 1. The third kappa shape index (κ3) is 3.19. The summed E-state index contributed by atoms with van der Waals surface area (Å²) in [7, 11) is 0. The molecule has 1 aromatic heterocycles. The fraction of sp³-hybridized carbons (Fsp3) is 0.333. The fourth-order valence-electron chi connectivity index (χ4n) is 2.90. The molecule has 0 bridgehead atoms. The van der Waals surface area contributed by atoms with Crippen molar-refractivity contribution in [3.63, 3.8) is 0 Å². The van der Waals surface area contributed by atoms with Crippen LogP contribution in [0.2, 0.25) is 0 Å². The van der Waals surface area contributed by atoms with Crippen molar-refractivity contribution in [1.29, 1.82) is 0 Å². The van der Waals surface area contributed by atoms with E-state index in [0.717, 1.165) is 25.1 Å². The van der Waals surface area contributed by atoms with Gasteiger partial charge in [0.2, 0.25) is 0 Å². The fourth-order valence-corrected chi connectivity index (χ4v) is 3.86. The van der Waals surface area contributed by atoms with Crippen LogP contribution >= 0.6 is 11.3 Å². The summed E-state index contributed by atoms with van der Waals surface area (Å²) in [5.74, 6) is 5.68. The molecule has 0 radical (unpaired) electrons. The van der Waals surface area contributed by atoms with Crippen molar-refractivity contribution in [3.05, 3.63) is 57.3 Å². The molecule has 21 heavy (non-hydrogen) atoms. The molecule has 0 saturated carbocycles. The topological polar surface area (TPSA) is 23.5 Å². The SMILES string of the molecule is CC1c2ccsc2CCN1Cc1cccc(C#CCO)c1. The van der Waals surface area contributed by atoms with Crippen LogP contribution in [0.5, 0.6) is 0 Å². The lowest BCUT2D eigenvalue weighted by Crippen LogP contribution is -2.32. The highest BCUT2D eigenvalue weighted by atomic mass is 32.1. The summed E-state index contributed by atoms with van der Waals surface area (Å²) >= 11 is 1.88. The largest absolute Gasteiger partial charge is 0.384 e. The first kappa shape index (κ1) is 14.3. The lowest BCUT2D eigenvalue weighted by molar-refractivity contribution is 0.191. The number of hydrogen-bond acceptors (Lipinski definition) is 3. The van der Waals surface area contributed by atoms with E-state index in [1.165, 1.54) is 11.1 Å². The third-order valence-electron chi connectivity index (χ3n) is 4.03. The van der Waals surface area contributed by atoms with E-state index in [1.54, 1.807) is 4.88 Å². The maximum absolute atomic E-state index is 8.78. The zero-order chi connectivity index (χ0) is 14.7. The maximum atomic E-state index is 8.78. The summed E-state index contributed by atoms with van der Waals surface area (Å²) in [5.41, 5.74) is 3.75. The van der Waals surface area contributed by atoms with Gasteiger partial charge in [0.25, 0.3) is 0 Å². The number of hydrogen-bond donors (Lipinski definition) is 1. The summed E-state index contributed by atoms with van der Waals surface area (Å²) in [4.78, 5) is 4.06. The van der Waals surface area contributed by atoms with Gasteiger partial charge in [0.1, 0.15) is 6.61 Å². The van der Waals surface area contributed by atoms with Crippen LogP contribution in [0.25, 0.3) is 0 Å². The quantitative estimate of drug-likeness (QED) is 0.860. The normalized spacial score (nSPS) is 17.9. The average Bonchev–Trinajstić information content (AvgIpc) is 2.98. The number of rotatable bonds is 2. The van der Waals surface area contributed by atoms with Crippen LogP contribution in [0, 0.1) is 11.8 Å². The highest BCUT2D eigenvalue weighted by Gasteiger charge is 2.24. The van der Waals surface area contributed by atoms with Crippen LogP contribution in [-0.4, -0.2) is 23.2 Å². The second-order valence-corrected chi connectivity index (χ2v) is 6.36. The molecular weight excluding hydrogens is 278 g/mol. The molecule has 2 heterocycles. The predicted molar refractivity (Wildman–Crippen MR) is 87.3 cm³/mol. The number of fused-ring (bicyclic) bond motifs is 1. The standard InChI is InChI=1S/C18H19NOS/c1-14-17-8-11-21-18(17)7-9-19(14)13-16-5-2-4-15(12-16)6-3-10-20/h2,4-5,8,11-12,14,20H,7,9-10,13H2,1H3. The van der Waals surface area contributed by atoms with E-state index in [4.69, 9.17) is 5.11 Å². The molecule has 1 atom stereocenters. The van der Waals surface area contributed by atoms with Crippen LogP contribution in [0.4, 0.5) is 0 Å². The van der Waals surface area contributed by atoms with Gasteiger partial charge in [-0.2, -0.15) is 0 Å². The van der Waals surface area contributed by atoms with Crippen molar-refractivity contribution in [2.45, 2.75) is 25.9 Å². The van der Waals surface area contributed by atoms with E-state index < -0.39 is 0 Å². The molecule has 1 aromatic carbocycles. The molecule has 108 valence electrons. The summed E-state index contributed by atoms with van der Waals surface area (Å²) in [6.45, 7) is 4.26. The molecule has 1 aliphatic rings. The lowest BCUT2D eigenvalue weighted by atomic mass is 10.0. The van der Waals surface area contributed by atoms with Gasteiger partial charge in [-0.25, -0.2) is 0 Å². The van der Waals surface area contributed by atoms with E-state index in [9.17, 15) is 0 Å². The Bertz CT molecular complexity index is 680. The summed E-state index contributed by atoms with van der Waals surface area (Å²) in [6, 6.07) is 11.1. The third-order valence-corrected chi connectivity index (χ3v) is 5.02. The van der Waals surface area contributed by atoms with E-state index >= 15 is 0 Å². The Labute approximate surface area is 130 Å². The minimum Gasteiger partial charge on any atom is -0.384 e. The van der Waals surface area contributed by atoms with Crippen molar-refractivity contribution in [2.75, 3.05) is 13.2 Å². The Kier molecular flexibility index (Phi) is 4.40. The van der Waals surface area contributed by atoms with Crippen LogP contribution in [0.1, 0.15) is 34.5 Å². The number of thiophene rings is 1. The molecule has 1 N–H and O–H groups in total. The Morgan fingerprint density at radius 2 is 2.29 bits per heavy atom. The van der Waals surface area contributed by atoms with Gasteiger partial charge >= 0.3 is 0 Å². The second-order valence-electron chi connectivity index (χ2n) is 5.36. The summed E-state index contributed by atoms with van der Waals surface area (Å²) in [6.07, 6.45) is 1.15. The molecule has 0 spiro atoms. The van der Waals surface area contributed by atoms with Crippen LogP contribution in [-0.2, 0) is 13.0 Å². The molecule has 3 heteroatoms. The Morgan fingerprint density at radius 1 is 1.38 bits per heavy atom. The highest BCUT2D eigenvalue weighted by Crippen LogP contribution is 2.33. The van der Waals surface area contributed by atoms with Gasteiger partial charge in [-0.05, 0) is 48.1 Å². The van der Waals surface area contributed by atoms with Gasteiger partial charge in [-0.15, -0.1) is 11.3 Å². The average molecular weight is 297 g/mol. The molecular formula is C18H19NOS. The highest BCUT2D eigenvalue weighted by molar-refractivity contribution is 7.10. The molecule has 0 amide bonds. The Hall–Kier alpha value is -1.60. The number of aliphatic hydroxyl groups excluding tert-OH is 1. The molecule has 2 nitrogen and oxygen atoms in total. The summed E-state index contributed by atoms with van der Waals surface area (Å²) in [5, 5.41) is 11.0. The van der Waals surface area contributed by atoms with Gasteiger partial charge in [0, 0.05) is 29.6 Å². The van der Waals surface area contributed by atoms with Crippen LogP contribution in [0.3, 0.4) is 0 Å². The van der Waals surface area contributed by atoms with Gasteiger partial charge < -0.3 is 5.11 Å². The first-order valence-electron chi connectivity index (χ1n) is 7.27. The molecule has 0 saturated heterocycles. The minimum absolute atomic E-state index is 0.0890. The lowest BCUT2D eigenvalue weighted by Gasteiger charge is -2.33. The molecule has 0 fully saturated rings. The first-order valence-corrected chi connectivity index (χ1v) is 8.15. The van der Waals surface area contributed by atoms with Gasteiger partial charge in [-0.1, -0.05) is 24.0 Å². The Morgan fingerprint density at radius 3 is 3.14 bits per heavy atom. The predicted octanol–water partition coefficient (Wildman–Crippen LogP) is 3.21. The number of aliphatic hydroxyl groups is 1. The molecule has 3 rings (SSSR count). The zero-order valence-electron chi connectivity index (χ0n) is 12.2. The molecule has 1 aliphatic heterocycles. The number of nitrogens with zero attached hydrogens (tertiary/aromatic N) is 1. The monoisotopic (exact) mass is 297 g/mol. The van der Waals surface area contributed by atoms with Gasteiger partial charge in [-0.3, -0.25) is 4.90 Å². The van der Waals surface area contributed by atoms with Crippen LogP contribution < -0.4 is 0 Å². The van der Waals surface area contributed by atoms with Crippen molar-refractivity contribution in [1.82, 2.24) is 4.90 Å². The van der Waals surface area contributed by atoms with Crippen molar-refractivity contribution >= 4 is 11.3 Å². The smallest absolute Gasteiger partial charge is 0.104 e. The van der Waals surface area contributed by atoms with E-state index in [-0.39, 0.29) is 6.61 Å². The minimum atomic E-state index is -0.0890. The first-order chi connectivity index (χ1) is 10.3. The van der Waals surface area contributed by atoms with Crippen molar-refractivity contribution in [2.24, 2.45) is 0 Å². The molecule has 0 aliphatic carbocycles. The second kappa shape index (κ2) is 6.44. The van der Waals surface area contributed by atoms with E-state index in [1.807, 2.05) is 23.5 Å². The van der Waals surface area contributed by atoms with Crippen molar-refractivity contribution < 1.29 is 5.11 Å². The van der Waals surface area contributed by atoms with E-state index in [0.29, 0.717) is 6.04 Å². The van der Waals surface area contributed by atoms with Gasteiger partial charge in [0.15, 0.2) is 0 Å². The molecule has 2 aromatic rings. The van der Waals surface area contributed by atoms with Gasteiger partial charge in [0.05, 0.1) is 0 Å². The van der Waals surface area contributed by atoms with Crippen molar-refractivity contribution in [3.8, 4) is 11.8 Å². The molecule has 1 unspecified atom stereocenters. The summed E-state index contributed by atoms with van der Waals surface area (Å²) < 4.78 is 0. The van der Waals surface area contributed by atoms with E-state index in [2.05, 4.69) is 47.2 Å². The maximum Gasteiger partial charge on any atom is 0.104 e. The van der Waals surface area contributed by atoms with Crippen LogP contribution in [0.15, 0.2) is 35.7 Å². The zero-order valence-corrected chi connectivity index (χ0v) is 13.0.